The van der Waals surface area contributed by atoms with E-state index in [4.69, 9.17) is 16.3 Å². The van der Waals surface area contributed by atoms with E-state index in [-0.39, 0.29) is 11.7 Å². The van der Waals surface area contributed by atoms with Crippen LogP contribution in [0.3, 0.4) is 0 Å². The molecule has 0 aliphatic rings. The van der Waals surface area contributed by atoms with Gasteiger partial charge in [0.25, 0.3) is 0 Å². The predicted octanol–water partition coefficient (Wildman–Crippen LogP) is 3.84. The highest BCUT2D eigenvalue weighted by molar-refractivity contribution is 6.19. The van der Waals surface area contributed by atoms with E-state index in [0.29, 0.717) is 23.8 Å². The number of benzene rings is 1. The normalized spacial score (nSPS) is 9.94. The second kappa shape index (κ2) is 7.19. The molecule has 3 heteroatoms. The standard InChI is InChI=1S/C14H16ClFO/c1-11(2)7-9-17-14-6-5-13(16)10-12(14)4-3-8-15/h5-6,10-11H,7-9H2,1-2H3. The van der Waals surface area contributed by atoms with Crippen molar-refractivity contribution in [2.45, 2.75) is 20.3 Å². The van der Waals surface area contributed by atoms with Crippen molar-refractivity contribution in [3.63, 3.8) is 0 Å². The number of rotatable bonds is 4. The van der Waals surface area contributed by atoms with Crippen molar-refractivity contribution < 1.29 is 9.13 Å². The third kappa shape index (κ3) is 5.10. The minimum absolute atomic E-state index is 0.224. The van der Waals surface area contributed by atoms with Crippen molar-refractivity contribution in [1.82, 2.24) is 0 Å². The van der Waals surface area contributed by atoms with Gasteiger partial charge in [-0.05, 0) is 30.5 Å². The molecule has 0 saturated heterocycles. The van der Waals surface area contributed by atoms with Gasteiger partial charge in [-0.2, -0.15) is 0 Å². The Morgan fingerprint density at radius 2 is 2.18 bits per heavy atom. The molecule has 0 aromatic heterocycles. The first-order chi connectivity index (χ1) is 8.13. The van der Waals surface area contributed by atoms with Gasteiger partial charge in [-0.25, -0.2) is 4.39 Å². The first-order valence-corrected chi connectivity index (χ1v) is 6.14. The summed E-state index contributed by atoms with van der Waals surface area (Å²) >= 11 is 5.48. The first kappa shape index (κ1) is 13.9. The number of hydrogen-bond donors (Lipinski definition) is 0. The van der Waals surface area contributed by atoms with Gasteiger partial charge in [0.1, 0.15) is 11.6 Å². The van der Waals surface area contributed by atoms with Gasteiger partial charge < -0.3 is 4.74 Å². The Morgan fingerprint density at radius 1 is 1.41 bits per heavy atom. The maximum Gasteiger partial charge on any atom is 0.135 e. The number of ether oxygens (including phenoxy) is 1. The monoisotopic (exact) mass is 254 g/mol. The Balaban J connectivity index is 2.76. The summed E-state index contributed by atoms with van der Waals surface area (Å²) in [5, 5.41) is 0. The molecular formula is C14H16ClFO. The largest absolute Gasteiger partial charge is 0.492 e. The molecule has 1 aromatic carbocycles. The molecule has 92 valence electrons. The van der Waals surface area contributed by atoms with E-state index in [1.54, 1.807) is 6.07 Å². The van der Waals surface area contributed by atoms with Crippen LogP contribution in [0.15, 0.2) is 18.2 Å². The van der Waals surface area contributed by atoms with Crippen LogP contribution in [0.5, 0.6) is 5.75 Å². The molecule has 0 heterocycles. The molecular weight excluding hydrogens is 239 g/mol. The zero-order chi connectivity index (χ0) is 12.7. The van der Waals surface area contributed by atoms with Crippen LogP contribution < -0.4 is 4.74 Å². The molecule has 0 atom stereocenters. The second-order valence-electron chi connectivity index (χ2n) is 4.11. The minimum atomic E-state index is -0.319. The van der Waals surface area contributed by atoms with Gasteiger partial charge in [-0.1, -0.05) is 25.7 Å². The van der Waals surface area contributed by atoms with Gasteiger partial charge in [0.15, 0.2) is 0 Å². The highest BCUT2D eigenvalue weighted by Gasteiger charge is 2.03. The second-order valence-corrected chi connectivity index (χ2v) is 4.37. The summed E-state index contributed by atoms with van der Waals surface area (Å²) in [4.78, 5) is 0. The Morgan fingerprint density at radius 3 is 2.82 bits per heavy atom. The van der Waals surface area contributed by atoms with Crippen LogP contribution in [0.4, 0.5) is 4.39 Å². The summed E-state index contributed by atoms with van der Waals surface area (Å²) in [6.07, 6.45) is 0.958. The molecule has 0 spiro atoms. The van der Waals surface area contributed by atoms with Crippen LogP contribution in [0.25, 0.3) is 0 Å². The molecule has 0 radical (unpaired) electrons. The maximum absolute atomic E-state index is 13.1. The average Bonchev–Trinajstić information content (AvgIpc) is 2.28. The summed E-state index contributed by atoms with van der Waals surface area (Å²) in [6.45, 7) is 4.86. The molecule has 0 N–H and O–H groups in total. The number of halogens is 2. The summed E-state index contributed by atoms with van der Waals surface area (Å²) in [6, 6.07) is 4.34. The minimum Gasteiger partial charge on any atom is -0.492 e. The maximum atomic E-state index is 13.1. The summed E-state index contributed by atoms with van der Waals surface area (Å²) in [7, 11) is 0. The van der Waals surface area contributed by atoms with E-state index in [9.17, 15) is 4.39 Å². The van der Waals surface area contributed by atoms with Gasteiger partial charge in [-0.3, -0.25) is 0 Å². The zero-order valence-corrected chi connectivity index (χ0v) is 10.9. The smallest absolute Gasteiger partial charge is 0.135 e. The lowest BCUT2D eigenvalue weighted by Crippen LogP contribution is -2.02. The van der Waals surface area contributed by atoms with Crippen LogP contribution in [0.2, 0.25) is 0 Å². The van der Waals surface area contributed by atoms with Crippen LogP contribution in [0, 0.1) is 23.6 Å². The fraction of sp³-hybridized carbons (Fsp3) is 0.429. The number of hydrogen-bond acceptors (Lipinski definition) is 1. The van der Waals surface area contributed by atoms with Crippen LogP contribution in [-0.2, 0) is 0 Å². The topological polar surface area (TPSA) is 9.23 Å². The molecule has 17 heavy (non-hydrogen) atoms. The molecule has 0 fully saturated rings. The lowest BCUT2D eigenvalue weighted by atomic mass is 10.1. The van der Waals surface area contributed by atoms with E-state index >= 15 is 0 Å². The molecule has 0 bridgehead atoms. The molecule has 1 nitrogen and oxygen atoms in total. The van der Waals surface area contributed by atoms with E-state index in [1.165, 1.54) is 12.1 Å². The third-order valence-corrected chi connectivity index (χ3v) is 2.32. The van der Waals surface area contributed by atoms with E-state index < -0.39 is 0 Å². The van der Waals surface area contributed by atoms with Crippen molar-refractivity contribution in [2.24, 2.45) is 5.92 Å². The fourth-order valence-corrected chi connectivity index (χ4v) is 1.33. The van der Waals surface area contributed by atoms with Gasteiger partial charge in [-0.15, -0.1) is 11.6 Å². The molecule has 0 saturated carbocycles. The molecule has 0 aliphatic heterocycles. The Bertz CT molecular complexity index is 418. The van der Waals surface area contributed by atoms with Crippen LogP contribution in [-0.4, -0.2) is 12.5 Å². The third-order valence-electron chi connectivity index (χ3n) is 2.18. The van der Waals surface area contributed by atoms with Gasteiger partial charge >= 0.3 is 0 Å². The molecule has 1 aromatic rings. The number of alkyl halides is 1. The van der Waals surface area contributed by atoms with Crippen molar-refractivity contribution in [2.75, 3.05) is 12.5 Å². The van der Waals surface area contributed by atoms with Crippen LogP contribution in [0.1, 0.15) is 25.8 Å². The quantitative estimate of drug-likeness (QED) is 0.586. The van der Waals surface area contributed by atoms with Crippen molar-refractivity contribution in [3.8, 4) is 17.6 Å². The average molecular weight is 255 g/mol. The van der Waals surface area contributed by atoms with Gasteiger partial charge in [0.05, 0.1) is 18.1 Å². The van der Waals surface area contributed by atoms with E-state index in [1.807, 2.05) is 0 Å². The Kier molecular flexibility index (Phi) is 5.86. The molecule has 0 unspecified atom stereocenters. The Labute approximate surface area is 107 Å². The summed E-state index contributed by atoms with van der Waals surface area (Å²) in [5.41, 5.74) is 0.550. The summed E-state index contributed by atoms with van der Waals surface area (Å²) in [5.74, 6) is 6.59. The van der Waals surface area contributed by atoms with E-state index in [0.717, 1.165) is 6.42 Å². The van der Waals surface area contributed by atoms with Gasteiger partial charge in [0, 0.05) is 0 Å². The highest BCUT2D eigenvalue weighted by Crippen LogP contribution is 2.19. The lowest BCUT2D eigenvalue weighted by molar-refractivity contribution is 0.288. The lowest BCUT2D eigenvalue weighted by Gasteiger charge is -2.09. The van der Waals surface area contributed by atoms with Gasteiger partial charge in [0.2, 0.25) is 0 Å². The first-order valence-electron chi connectivity index (χ1n) is 5.60. The predicted molar refractivity (Wildman–Crippen MR) is 68.9 cm³/mol. The van der Waals surface area contributed by atoms with Crippen LogP contribution >= 0.6 is 11.6 Å². The van der Waals surface area contributed by atoms with Crippen molar-refractivity contribution in [3.05, 3.63) is 29.6 Å². The molecule has 0 aliphatic carbocycles. The van der Waals surface area contributed by atoms with Crippen molar-refractivity contribution >= 4 is 11.6 Å². The Hall–Kier alpha value is -1.20. The van der Waals surface area contributed by atoms with Crippen molar-refractivity contribution in [1.29, 1.82) is 0 Å². The molecule has 0 amide bonds. The SMILES string of the molecule is CC(C)CCOc1ccc(F)cc1C#CCCl. The fourth-order valence-electron chi connectivity index (χ4n) is 1.26. The molecule has 1 rings (SSSR count). The zero-order valence-electron chi connectivity index (χ0n) is 10.1. The van der Waals surface area contributed by atoms with E-state index in [2.05, 4.69) is 25.7 Å². The highest BCUT2D eigenvalue weighted by atomic mass is 35.5. The summed E-state index contributed by atoms with van der Waals surface area (Å²) < 4.78 is 18.7.